The molecule has 4 heterocycles. The topological polar surface area (TPSA) is 109 Å². The van der Waals surface area contributed by atoms with Gasteiger partial charge in [0, 0.05) is 63.5 Å². The standard InChI is InChI=1S/C30H41F2N3O2Si.C27H31F4N3O2.C3H4F2O.C2H6/c1-29(2,3)38(5,6)37-21-30(23-10-8-7-9-11-23)19-22(26-18-24(31)12-13-27(26)32)20-35(30)28(36)34(4)25-14-16-33-17-15-25;1-32(22-9-11-33(12-10-22)23(15-28)16-29)26(36)34-17-19(24-13-21(30)7-8-25(24)31)14-27(34,18-35)20-5-3-2-4-6-20;4-1-3(6)2-5;1-2/h7-13,18-19,25,33H,14-17,20-21H2,1-6H3;2-8,13-14,22-23,35H,9-12,15-18H2,1H3;1-2H2;1-2H3. The van der Waals surface area contributed by atoms with Gasteiger partial charge < -0.3 is 34.4 Å². The smallest absolute Gasteiger partial charge is 0.321 e. The molecule has 11 nitrogen and oxygen atoms in total. The second-order valence-corrected chi connectivity index (χ2v) is 27.2. The van der Waals surface area contributed by atoms with Crippen LogP contribution in [0.25, 0.3) is 11.1 Å². The van der Waals surface area contributed by atoms with Crippen molar-refractivity contribution in [2.75, 3.05) is 93.3 Å². The fraction of sp³-hybridized carbons (Fsp3) is 0.500. The number of Topliss-reactive ketones (excluding diaryl/α,β-unsaturated/α-hetero) is 1. The van der Waals surface area contributed by atoms with Crippen LogP contribution in [-0.4, -0.2) is 167 Å². The number of likely N-dealkylation sites (tertiary alicyclic amines) is 1. The van der Waals surface area contributed by atoms with Crippen LogP contribution in [0.4, 0.5) is 44.7 Å². The number of amides is 4. The van der Waals surface area contributed by atoms with Crippen LogP contribution in [0.2, 0.25) is 18.1 Å². The van der Waals surface area contributed by atoms with Gasteiger partial charge in [-0.2, -0.15) is 0 Å². The molecule has 0 aliphatic carbocycles. The van der Waals surface area contributed by atoms with E-state index in [4.69, 9.17) is 4.43 Å². The number of aliphatic hydroxyl groups excluding tert-OH is 1. The Labute approximate surface area is 480 Å². The summed E-state index contributed by atoms with van der Waals surface area (Å²) in [5, 5.41) is 13.9. The van der Waals surface area contributed by atoms with E-state index in [-0.39, 0.29) is 60.0 Å². The number of piperidine rings is 2. The fourth-order valence-corrected chi connectivity index (χ4v) is 11.4. The first-order valence-corrected chi connectivity index (χ1v) is 30.9. The van der Waals surface area contributed by atoms with E-state index in [1.54, 1.807) is 52.1 Å². The highest BCUT2D eigenvalue weighted by atomic mass is 28.4. The number of hydrogen-bond acceptors (Lipinski definition) is 7. The van der Waals surface area contributed by atoms with Gasteiger partial charge in [0.05, 0.1) is 19.3 Å². The molecule has 4 aliphatic rings. The summed E-state index contributed by atoms with van der Waals surface area (Å²) < 4.78 is 113. The predicted octanol–water partition coefficient (Wildman–Crippen LogP) is 12.3. The molecule has 8 rings (SSSR count). The number of benzene rings is 4. The monoisotopic (exact) mass is 1170 g/mol. The van der Waals surface area contributed by atoms with Crippen molar-refractivity contribution in [1.82, 2.24) is 29.8 Å². The summed E-state index contributed by atoms with van der Waals surface area (Å²) in [6.07, 6.45) is 6.40. The van der Waals surface area contributed by atoms with Crippen LogP contribution in [0.3, 0.4) is 0 Å². The number of alkyl halides is 4. The normalized spacial score (nSPS) is 19.7. The van der Waals surface area contributed by atoms with Gasteiger partial charge in [0.25, 0.3) is 0 Å². The van der Waals surface area contributed by atoms with Crippen molar-refractivity contribution < 1.29 is 59.0 Å². The Morgan fingerprint density at radius 1 is 0.671 bits per heavy atom. The third-order valence-corrected chi connectivity index (χ3v) is 20.9. The first-order chi connectivity index (χ1) is 39.0. The van der Waals surface area contributed by atoms with Crippen LogP contribution >= 0.6 is 0 Å². The quantitative estimate of drug-likeness (QED) is 0.0901. The molecule has 2 atom stereocenters. The van der Waals surface area contributed by atoms with Crippen molar-refractivity contribution in [3.63, 3.8) is 0 Å². The van der Waals surface area contributed by atoms with Gasteiger partial charge in [-0.15, -0.1) is 0 Å². The first-order valence-electron chi connectivity index (χ1n) is 28.0. The summed E-state index contributed by atoms with van der Waals surface area (Å²) in [6, 6.07) is 24.1. The number of hydrogen-bond donors (Lipinski definition) is 2. The van der Waals surface area contributed by atoms with Crippen LogP contribution in [0.5, 0.6) is 0 Å². The molecule has 2 unspecified atom stereocenters. The number of urea groups is 2. The largest absolute Gasteiger partial charge is 0.414 e. The summed E-state index contributed by atoms with van der Waals surface area (Å²) in [5.74, 6) is -3.23. The van der Waals surface area contributed by atoms with Gasteiger partial charge in [-0.1, -0.05) is 95.3 Å². The molecule has 2 N–H and O–H groups in total. The van der Waals surface area contributed by atoms with E-state index in [2.05, 4.69) is 39.2 Å². The maximum absolute atomic E-state index is 15.0. The van der Waals surface area contributed by atoms with E-state index in [1.165, 1.54) is 11.0 Å². The number of halogens is 8. The van der Waals surface area contributed by atoms with E-state index in [9.17, 15) is 50.2 Å². The molecule has 20 heteroatoms. The molecule has 450 valence electrons. The average molecular weight is 1170 g/mol. The Balaban J connectivity index is 0.000000266. The zero-order valence-corrected chi connectivity index (χ0v) is 49.8. The SMILES string of the molecule is CC.CN(C(=O)N1CC(c2cc(F)ccc2F)=CC1(CO)c1ccccc1)C1CCN(C(CF)CF)CC1.CN(C(=O)N1CC(c2cc(F)ccc2F)=CC1(CO[Si](C)(C)C(C)(C)C)c1ccccc1)C1CCNCC1.O=C(CF)CF. The van der Waals surface area contributed by atoms with Crippen LogP contribution in [0.1, 0.15) is 82.6 Å². The molecule has 82 heavy (non-hydrogen) atoms. The summed E-state index contributed by atoms with van der Waals surface area (Å²) in [7, 11) is 1.30. The lowest BCUT2D eigenvalue weighted by Gasteiger charge is -2.45. The van der Waals surface area contributed by atoms with Gasteiger partial charge in [0.1, 0.15) is 47.7 Å². The predicted molar refractivity (Wildman–Crippen MR) is 309 cm³/mol. The molecule has 0 spiro atoms. The minimum Gasteiger partial charge on any atom is -0.414 e. The van der Waals surface area contributed by atoms with Crippen LogP contribution in [0.15, 0.2) is 109 Å². The third kappa shape index (κ3) is 15.6. The minimum absolute atomic E-state index is 0.0242. The van der Waals surface area contributed by atoms with Crippen LogP contribution in [0, 0.1) is 23.3 Å². The number of ketones is 1. The van der Waals surface area contributed by atoms with E-state index in [1.807, 2.05) is 68.3 Å². The van der Waals surface area contributed by atoms with Crippen molar-refractivity contribution in [3.05, 3.63) is 155 Å². The van der Waals surface area contributed by atoms with Gasteiger partial charge in [-0.25, -0.2) is 44.7 Å². The van der Waals surface area contributed by atoms with Crippen molar-refractivity contribution in [1.29, 1.82) is 0 Å². The lowest BCUT2D eigenvalue weighted by atomic mass is 9.89. The van der Waals surface area contributed by atoms with Crippen molar-refractivity contribution in [2.45, 2.75) is 108 Å². The van der Waals surface area contributed by atoms with Gasteiger partial charge >= 0.3 is 12.1 Å². The van der Waals surface area contributed by atoms with Gasteiger partial charge in [-0.05, 0) is 128 Å². The Morgan fingerprint density at radius 2 is 1.09 bits per heavy atom. The highest BCUT2D eigenvalue weighted by Gasteiger charge is 2.50. The Kier molecular flexibility index (Phi) is 24.5. The summed E-state index contributed by atoms with van der Waals surface area (Å²) in [5.41, 5.74) is 0.489. The number of rotatable bonds is 15. The molecule has 0 aromatic heterocycles. The zero-order valence-electron chi connectivity index (χ0n) is 48.8. The lowest BCUT2D eigenvalue weighted by molar-refractivity contribution is -0.120. The van der Waals surface area contributed by atoms with Gasteiger partial charge in [-0.3, -0.25) is 9.69 Å². The number of aliphatic hydroxyl groups is 1. The summed E-state index contributed by atoms with van der Waals surface area (Å²) in [6.45, 7) is 13.6. The molecular formula is C62H82F8N6O5Si. The Bertz CT molecular complexity index is 2770. The maximum Gasteiger partial charge on any atom is 0.321 e. The Hall–Kier alpha value is -5.93. The van der Waals surface area contributed by atoms with E-state index >= 15 is 4.39 Å². The second kappa shape index (κ2) is 30.0. The molecule has 4 aromatic rings. The van der Waals surface area contributed by atoms with Crippen molar-refractivity contribution in [2.24, 2.45) is 0 Å². The molecule has 4 amide bonds. The molecule has 4 aromatic carbocycles. The number of nitrogens with one attached hydrogen (secondary N) is 1. The van der Waals surface area contributed by atoms with E-state index < -0.39 is 87.8 Å². The molecular weight excluding hydrogens is 1090 g/mol. The molecule has 0 radical (unpaired) electrons. The van der Waals surface area contributed by atoms with Crippen molar-refractivity contribution >= 4 is 37.3 Å². The average Bonchev–Trinajstić information content (AvgIpc) is 2.90. The van der Waals surface area contributed by atoms with Crippen LogP contribution < -0.4 is 5.32 Å². The summed E-state index contributed by atoms with van der Waals surface area (Å²) >= 11 is 0. The molecule has 4 aliphatic heterocycles. The highest BCUT2D eigenvalue weighted by molar-refractivity contribution is 6.74. The minimum atomic E-state index is -2.22. The number of carbonyl (C=O) groups is 3. The molecule has 2 fully saturated rings. The van der Waals surface area contributed by atoms with Crippen LogP contribution in [-0.2, 0) is 20.3 Å². The lowest BCUT2D eigenvalue weighted by Crippen LogP contribution is -2.57. The Morgan fingerprint density at radius 3 is 1.49 bits per heavy atom. The van der Waals surface area contributed by atoms with Gasteiger partial charge in [0.2, 0.25) is 0 Å². The maximum atomic E-state index is 15.0. The molecule has 2 saturated heterocycles. The van der Waals surface area contributed by atoms with Gasteiger partial charge in [0.15, 0.2) is 27.4 Å². The molecule has 0 bridgehead atoms. The zero-order chi connectivity index (χ0) is 60.6. The third-order valence-electron chi connectivity index (χ3n) is 16.4. The number of nitrogens with zero attached hydrogens (tertiary/aromatic N) is 5. The molecule has 0 saturated carbocycles. The highest BCUT2D eigenvalue weighted by Crippen LogP contribution is 2.46. The van der Waals surface area contributed by atoms with E-state index in [0.717, 1.165) is 61.8 Å². The first kappa shape index (κ1) is 66.9. The number of carbonyl (C=O) groups excluding carboxylic acids is 3. The summed E-state index contributed by atoms with van der Waals surface area (Å²) in [4.78, 5) is 46.0. The fourth-order valence-electron chi connectivity index (χ4n) is 10.4. The van der Waals surface area contributed by atoms with E-state index in [0.29, 0.717) is 42.6 Å². The second-order valence-electron chi connectivity index (χ2n) is 22.4. The van der Waals surface area contributed by atoms with Crippen molar-refractivity contribution in [3.8, 4) is 0 Å².